The zero-order valence-corrected chi connectivity index (χ0v) is 10.0. The Hall–Kier alpha value is -1.62. The van der Waals surface area contributed by atoms with Crippen LogP contribution in [0.2, 0.25) is 5.35 Å². The minimum atomic E-state index is -0.481. The van der Waals surface area contributed by atoms with E-state index in [4.69, 9.17) is 16.0 Å². The van der Waals surface area contributed by atoms with Gasteiger partial charge in [0, 0.05) is 6.07 Å². The molecule has 0 aliphatic rings. The Morgan fingerprint density at radius 1 is 1.53 bits per heavy atom. The number of hydrogen-bond donors (Lipinski definition) is 0. The number of fused-ring (bicyclic) bond motifs is 1. The second-order valence-corrected chi connectivity index (χ2v) is 4.07. The lowest BCUT2D eigenvalue weighted by atomic mass is 10.1. The summed E-state index contributed by atoms with van der Waals surface area (Å²) in [5.41, 5.74) is 1.49. The van der Waals surface area contributed by atoms with Gasteiger partial charge in [0.25, 0.3) is 11.0 Å². The van der Waals surface area contributed by atoms with E-state index in [-0.39, 0.29) is 16.6 Å². The highest BCUT2D eigenvalue weighted by molar-refractivity contribution is 6.28. The number of nitro benzene ring substituents is 1. The normalized spacial score (nSPS) is 10.9. The largest absolute Gasteiger partial charge is 0.427 e. The number of hydrogen-bond acceptors (Lipinski definition) is 4. The maximum Gasteiger partial charge on any atom is 0.298 e. The average molecular weight is 255 g/mol. The molecule has 0 saturated carbocycles. The van der Waals surface area contributed by atoms with Crippen LogP contribution in [0.3, 0.4) is 0 Å². The first-order valence-corrected chi connectivity index (χ1v) is 5.73. The van der Waals surface area contributed by atoms with E-state index in [2.05, 4.69) is 11.9 Å². The van der Waals surface area contributed by atoms with Gasteiger partial charge in [-0.25, -0.2) is 0 Å². The lowest BCUT2D eigenvalue weighted by Crippen LogP contribution is -1.92. The van der Waals surface area contributed by atoms with Crippen LogP contribution in [-0.2, 0) is 6.42 Å². The van der Waals surface area contributed by atoms with E-state index < -0.39 is 4.92 Å². The standard InChI is InChI=1S/C11H11ClN2O3/c1-2-3-4-7-5-6-8(14(15)16)9-10(7)17-11(12)13-9/h5-6H,2-4H2,1H3. The molecule has 1 aromatic carbocycles. The number of benzene rings is 1. The van der Waals surface area contributed by atoms with Gasteiger partial charge in [0.05, 0.1) is 4.92 Å². The molecule has 0 saturated heterocycles. The Morgan fingerprint density at radius 2 is 2.29 bits per heavy atom. The SMILES string of the molecule is CCCCc1ccc([N+](=O)[O-])c2nc(Cl)oc12. The first-order valence-electron chi connectivity index (χ1n) is 5.35. The van der Waals surface area contributed by atoms with E-state index in [1.165, 1.54) is 6.07 Å². The molecule has 0 aliphatic heterocycles. The lowest BCUT2D eigenvalue weighted by molar-refractivity contribution is -0.383. The lowest BCUT2D eigenvalue weighted by Gasteiger charge is -2.00. The van der Waals surface area contributed by atoms with Crippen LogP contribution in [-0.4, -0.2) is 9.91 Å². The predicted octanol–water partition coefficient (Wildman–Crippen LogP) is 3.73. The molecule has 0 atom stereocenters. The summed E-state index contributed by atoms with van der Waals surface area (Å²) >= 11 is 5.67. The summed E-state index contributed by atoms with van der Waals surface area (Å²) in [4.78, 5) is 14.2. The molecule has 0 amide bonds. The van der Waals surface area contributed by atoms with Crippen molar-refractivity contribution in [1.29, 1.82) is 0 Å². The number of halogens is 1. The van der Waals surface area contributed by atoms with Crippen LogP contribution < -0.4 is 0 Å². The van der Waals surface area contributed by atoms with Gasteiger partial charge in [-0.3, -0.25) is 10.1 Å². The van der Waals surface area contributed by atoms with Crippen LogP contribution >= 0.6 is 11.6 Å². The van der Waals surface area contributed by atoms with Crippen LogP contribution in [0, 0.1) is 10.1 Å². The van der Waals surface area contributed by atoms with Gasteiger partial charge in [-0.1, -0.05) is 13.3 Å². The Morgan fingerprint density at radius 3 is 2.94 bits per heavy atom. The van der Waals surface area contributed by atoms with Crippen molar-refractivity contribution in [1.82, 2.24) is 4.98 Å². The van der Waals surface area contributed by atoms with Crippen LogP contribution in [0.4, 0.5) is 5.69 Å². The zero-order chi connectivity index (χ0) is 12.4. The summed E-state index contributed by atoms with van der Waals surface area (Å²) in [6.07, 6.45) is 2.84. The number of nitro groups is 1. The summed E-state index contributed by atoms with van der Waals surface area (Å²) < 4.78 is 5.24. The molecular formula is C11H11ClN2O3. The van der Waals surface area contributed by atoms with E-state index in [1.807, 2.05) is 0 Å². The summed E-state index contributed by atoms with van der Waals surface area (Å²) in [6.45, 7) is 2.08. The molecule has 90 valence electrons. The minimum absolute atomic E-state index is 0.0629. The van der Waals surface area contributed by atoms with Gasteiger partial charge < -0.3 is 4.42 Å². The topological polar surface area (TPSA) is 69.2 Å². The van der Waals surface area contributed by atoms with E-state index in [0.29, 0.717) is 5.58 Å². The Kier molecular flexibility index (Phi) is 3.28. The third-order valence-electron chi connectivity index (χ3n) is 2.57. The number of non-ortho nitro benzene ring substituents is 1. The van der Waals surface area contributed by atoms with Crippen LogP contribution in [0.25, 0.3) is 11.1 Å². The van der Waals surface area contributed by atoms with Gasteiger partial charge in [0.15, 0.2) is 11.1 Å². The fourth-order valence-electron chi connectivity index (χ4n) is 1.73. The molecule has 17 heavy (non-hydrogen) atoms. The third kappa shape index (κ3) is 2.24. The zero-order valence-electron chi connectivity index (χ0n) is 9.27. The molecule has 0 unspecified atom stereocenters. The molecule has 6 heteroatoms. The Labute approximate surface area is 103 Å². The summed E-state index contributed by atoms with van der Waals surface area (Å²) in [5.74, 6) is 0. The molecule has 1 aromatic heterocycles. The van der Waals surface area contributed by atoms with Crippen molar-refractivity contribution in [3.8, 4) is 0 Å². The predicted molar refractivity (Wildman–Crippen MR) is 64.3 cm³/mol. The summed E-state index contributed by atoms with van der Waals surface area (Å²) in [6, 6.07) is 3.16. The van der Waals surface area contributed by atoms with Crippen molar-refractivity contribution in [3.05, 3.63) is 33.2 Å². The molecule has 0 fully saturated rings. The monoisotopic (exact) mass is 254 g/mol. The van der Waals surface area contributed by atoms with Crippen LogP contribution in [0.15, 0.2) is 16.5 Å². The Balaban J connectivity index is 2.57. The fourth-order valence-corrected chi connectivity index (χ4v) is 1.89. The highest BCUT2D eigenvalue weighted by Crippen LogP contribution is 2.31. The molecule has 0 bridgehead atoms. The Bertz CT molecular complexity index is 565. The van der Waals surface area contributed by atoms with Gasteiger partial charge in [0.1, 0.15) is 0 Å². The molecular weight excluding hydrogens is 244 g/mol. The van der Waals surface area contributed by atoms with Gasteiger partial charge in [0.2, 0.25) is 0 Å². The first kappa shape index (κ1) is 11.9. The fraction of sp³-hybridized carbons (Fsp3) is 0.364. The molecule has 2 aromatic rings. The van der Waals surface area contributed by atoms with Crippen LogP contribution in [0.1, 0.15) is 25.3 Å². The second-order valence-electron chi connectivity index (χ2n) is 3.75. The number of aromatic nitrogens is 1. The second kappa shape index (κ2) is 4.71. The maximum atomic E-state index is 10.8. The van der Waals surface area contributed by atoms with Crippen molar-refractivity contribution < 1.29 is 9.34 Å². The molecule has 0 N–H and O–H groups in total. The summed E-state index contributed by atoms with van der Waals surface area (Å²) in [7, 11) is 0. The van der Waals surface area contributed by atoms with Crippen molar-refractivity contribution >= 4 is 28.4 Å². The summed E-state index contributed by atoms with van der Waals surface area (Å²) in [5, 5.41) is 10.8. The van der Waals surface area contributed by atoms with Gasteiger partial charge >= 0.3 is 0 Å². The number of unbranched alkanes of at least 4 members (excludes halogenated alkanes) is 1. The quantitative estimate of drug-likeness (QED) is 0.616. The number of rotatable bonds is 4. The van der Waals surface area contributed by atoms with E-state index in [0.717, 1.165) is 24.8 Å². The number of aryl methyl sites for hydroxylation is 1. The first-order chi connectivity index (χ1) is 8.13. The van der Waals surface area contributed by atoms with Crippen LogP contribution in [0.5, 0.6) is 0 Å². The molecule has 0 spiro atoms. The van der Waals surface area contributed by atoms with Crippen molar-refractivity contribution in [3.63, 3.8) is 0 Å². The minimum Gasteiger partial charge on any atom is -0.427 e. The molecule has 1 heterocycles. The van der Waals surface area contributed by atoms with Gasteiger partial charge in [-0.15, -0.1) is 0 Å². The average Bonchev–Trinajstić information content (AvgIpc) is 2.66. The van der Waals surface area contributed by atoms with Gasteiger partial charge in [-0.05, 0) is 36.1 Å². The number of nitrogens with zero attached hydrogens (tertiary/aromatic N) is 2. The molecule has 0 radical (unpaired) electrons. The van der Waals surface area contributed by atoms with Crippen molar-refractivity contribution in [2.45, 2.75) is 26.2 Å². The highest BCUT2D eigenvalue weighted by atomic mass is 35.5. The molecule has 5 nitrogen and oxygen atoms in total. The van der Waals surface area contributed by atoms with E-state index in [1.54, 1.807) is 6.07 Å². The van der Waals surface area contributed by atoms with Gasteiger partial charge in [-0.2, -0.15) is 4.98 Å². The molecule has 0 aliphatic carbocycles. The van der Waals surface area contributed by atoms with E-state index >= 15 is 0 Å². The highest BCUT2D eigenvalue weighted by Gasteiger charge is 2.19. The number of oxazole rings is 1. The third-order valence-corrected chi connectivity index (χ3v) is 2.74. The van der Waals surface area contributed by atoms with Crippen molar-refractivity contribution in [2.75, 3.05) is 0 Å². The van der Waals surface area contributed by atoms with Crippen molar-refractivity contribution in [2.24, 2.45) is 0 Å². The van der Waals surface area contributed by atoms with E-state index in [9.17, 15) is 10.1 Å². The maximum absolute atomic E-state index is 10.8. The smallest absolute Gasteiger partial charge is 0.298 e. The molecule has 2 rings (SSSR count).